The molecule has 2 nitrogen and oxygen atoms in total. The third-order valence-corrected chi connectivity index (χ3v) is 2.94. The molecule has 1 aromatic carbocycles. The number of para-hydroxylation sites is 1. The van der Waals surface area contributed by atoms with Crippen LogP contribution in [0.25, 0.3) is 0 Å². The number of likely N-dealkylation sites (N-methyl/N-ethyl adjacent to an activating group) is 1. The first kappa shape index (κ1) is 18.9. The van der Waals surface area contributed by atoms with Crippen LogP contribution < -0.4 is 5.32 Å². The van der Waals surface area contributed by atoms with Gasteiger partial charge in [0.2, 0.25) is 0 Å². The zero-order valence-corrected chi connectivity index (χ0v) is 12.9. The number of hydrogen-bond donors (Lipinski definition) is 1. The topological polar surface area (TPSA) is 15.3 Å². The van der Waals surface area contributed by atoms with Gasteiger partial charge in [-0.15, -0.1) is 24.8 Å². The van der Waals surface area contributed by atoms with Gasteiger partial charge in [-0.1, -0.05) is 18.2 Å². The molecule has 1 atom stereocenters. The van der Waals surface area contributed by atoms with Crippen LogP contribution in [0.4, 0.5) is 5.69 Å². The quantitative estimate of drug-likeness (QED) is 0.907. The molecule has 0 saturated heterocycles. The summed E-state index contributed by atoms with van der Waals surface area (Å²) >= 11 is 0. The lowest BCUT2D eigenvalue weighted by Crippen LogP contribution is -2.31. The molecule has 0 aromatic heterocycles. The van der Waals surface area contributed by atoms with Crippen molar-refractivity contribution in [1.82, 2.24) is 4.90 Å². The van der Waals surface area contributed by atoms with Crippen LogP contribution >= 0.6 is 24.8 Å². The van der Waals surface area contributed by atoms with Gasteiger partial charge in [-0.05, 0) is 46.0 Å². The molecular formula is C13H24Cl2N2. The Hall–Kier alpha value is -0.440. The van der Waals surface area contributed by atoms with E-state index in [0.29, 0.717) is 6.04 Å². The van der Waals surface area contributed by atoms with Crippen LogP contribution in [0.5, 0.6) is 0 Å². The predicted molar refractivity (Wildman–Crippen MR) is 82.1 cm³/mol. The normalized spacial score (nSPS) is 11.4. The Morgan fingerprint density at radius 3 is 2.00 bits per heavy atom. The van der Waals surface area contributed by atoms with Crippen molar-refractivity contribution in [1.29, 1.82) is 0 Å². The van der Waals surface area contributed by atoms with Gasteiger partial charge in [0.1, 0.15) is 0 Å². The van der Waals surface area contributed by atoms with Crippen LogP contribution in [0.2, 0.25) is 0 Å². The molecule has 17 heavy (non-hydrogen) atoms. The van der Waals surface area contributed by atoms with Crippen LogP contribution in [0, 0.1) is 13.8 Å². The Bertz CT molecular complexity index is 307. The molecule has 4 heteroatoms. The van der Waals surface area contributed by atoms with Gasteiger partial charge >= 0.3 is 0 Å². The molecule has 0 aliphatic rings. The molecule has 1 rings (SSSR count). The minimum absolute atomic E-state index is 0. The fourth-order valence-electron chi connectivity index (χ4n) is 1.53. The van der Waals surface area contributed by atoms with Crippen LogP contribution in [-0.2, 0) is 0 Å². The minimum atomic E-state index is 0. The number of nitrogens with zero attached hydrogens (tertiary/aromatic N) is 1. The molecule has 0 fully saturated rings. The average Bonchev–Trinajstić information content (AvgIpc) is 2.16. The molecule has 0 amide bonds. The summed E-state index contributed by atoms with van der Waals surface area (Å²) in [6, 6.07) is 6.94. The van der Waals surface area contributed by atoms with E-state index in [9.17, 15) is 0 Å². The van der Waals surface area contributed by atoms with Gasteiger partial charge in [0.05, 0.1) is 0 Å². The molecule has 0 spiro atoms. The lowest BCUT2D eigenvalue weighted by atomic mass is 10.1. The third-order valence-electron chi connectivity index (χ3n) is 2.94. The van der Waals surface area contributed by atoms with Crippen LogP contribution in [0.15, 0.2) is 18.2 Å². The molecule has 0 bridgehead atoms. The van der Waals surface area contributed by atoms with Crippen LogP contribution in [0.1, 0.15) is 18.1 Å². The third kappa shape index (κ3) is 5.62. The van der Waals surface area contributed by atoms with Crippen molar-refractivity contribution in [2.24, 2.45) is 0 Å². The molecule has 1 N–H and O–H groups in total. The first-order valence-corrected chi connectivity index (χ1v) is 5.49. The highest BCUT2D eigenvalue weighted by Crippen LogP contribution is 2.19. The molecule has 0 aliphatic carbocycles. The minimum Gasteiger partial charge on any atom is -0.383 e. The van der Waals surface area contributed by atoms with E-state index >= 15 is 0 Å². The maximum atomic E-state index is 3.52. The van der Waals surface area contributed by atoms with Crippen molar-refractivity contribution in [3.63, 3.8) is 0 Å². The van der Waals surface area contributed by atoms with Gasteiger partial charge in [-0.3, -0.25) is 0 Å². The lowest BCUT2D eigenvalue weighted by molar-refractivity contribution is 0.326. The second-order valence-electron chi connectivity index (χ2n) is 4.46. The highest BCUT2D eigenvalue weighted by Gasteiger charge is 2.06. The van der Waals surface area contributed by atoms with Crippen LogP contribution in [0.3, 0.4) is 0 Å². The first-order valence-electron chi connectivity index (χ1n) is 5.49. The number of halogens is 2. The molecule has 0 saturated carbocycles. The highest BCUT2D eigenvalue weighted by atomic mass is 35.5. The zero-order valence-electron chi connectivity index (χ0n) is 11.3. The summed E-state index contributed by atoms with van der Waals surface area (Å²) in [5, 5.41) is 3.52. The largest absolute Gasteiger partial charge is 0.383 e. The smallest absolute Gasteiger partial charge is 0.0400 e. The number of rotatable bonds is 4. The molecule has 0 radical (unpaired) electrons. The summed E-state index contributed by atoms with van der Waals surface area (Å²) in [7, 11) is 4.22. The van der Waals surface area contributed by atoms with Gasteiger partial charge < -0.3 is 10.2 Å². The van der Waals surface area contributed by atoms with Gasteiger partial charge in [0.25, 0.3) is 0 Å². The molecular weight excluding hydrogens is 255 g/mol. The number of hydrogen-bond acceptors (Lipinski definition) is 2. The first-order chi connectivity index (χ1) is 7.02. The van der Waals surface area contributed by atoms with E-state index in [2.05, 4.69) is 63.3 Å². The average molecular weight is 279 g/mol. The standard InChI is InChI=1S/C13H22N2.2ClH/c1-10-7-6-8-11(2)13(10)14-9-12(3)15(4)5;;/h6-8,12,14H,9H2,1-5H3;2*1H. The highest BCUT2D eigenvalue weighted by molar-refractivity contribution is 5.85. The Morgan fingerprint density at radius 2 is 1.59 bits per heavy atom. The van der Waals surface area contributed by atoms with Gasteiger partial charge in [-0.25, -0.2) is 0 Å². The van der Waals surface area contributed by atoms with Gasteiger partial charge in [0, 0.05) is 18.3 Å². The fourth-order valence-corrected chi connectivity index (χ4v) is 1.53. The number of nitrogens with one attached hydrogen (secondary N) is 1. The summed E-state index contributed by atoms with van der Waals surface area (Å²) in [5.41, 5.74) is 3.92. The number of anilines is 1. The van der Waals surface area contributed by atoms with Gasteiger partial charge in [-0.2, -0.15) is 0 Å². The molecule has 0 aliphatic heterocycles. The van der Waals surface area contributed by atoms with E-state index in [4.69, 9.17) is 0 Å². The monoisotopic (exact) mass is 278 g/mol. The summed E-state index contributed by atoms with van der Waals surface area (Å²) in [5.74, 6) is 0. The van der Waals surface area contributed by atoms with E-state index in [1.165, 1.54) is 16.8 Å². The maximum Gasteiger partial charge on any atom is 0.0400 e. The van der Waals surface area contributed by atoms with E-state index in [-0.39, 0.29) is 24.8 Å². The maximum absolute atomic E-state index is 3.52. The Kier molecular flexibility index (Phi) is 9.59. The van der Waals surface area contributed by atoms with E-state index < -0.39 is 0 Å². The number of aryl methyl sites for hydroxylation is 2. The summed E-state index contributed by atoms with van der Waals surface area (Å²) in [4.78, 5) is 2.22. The van der Waals surface area contributed by atoms with Crippen LogP contribution in [-0.4, -0.2) is 31.6 Å². The van der Waals surface area contributed by atoms with E-state index in [1.54, 1.807) is 0 Å². The molecule has 1 unspecified atom stereocenters. The molecule has 1 aromatic rings. The van der Waals surface area contributed by atoms with Crippen molar-refractivity contribution in [3.05, 3.63) is 29.3 Å². The van der Waals surface area contributed by atoms with E-state index in [0.717, 1.165) is 6.54 Å². The Labute approximate surface area is 118 Å². The number of benzene rings is 1. The van der Waals surface area contributed by atoms with Crippen molar-refractivity contribution in [2.75, 3.05) is 26.0 Å². The van der Waals surface area contributed by atoms with E-state index in [1.807, 2.05) is 0 Å². The molecule has 0 heterocycles. The Balaban J connectivity index is 0. The SMILES string of the molecule is Cc1cccc(C)c1NCC(C)N(C)C.Cl.Cl. The summed E-state index contributed by atoms with van der Waals surface area (Å²) in [6.45, 7) is 7.50. The van der Waals surface area contributed by atoms with Crippen molar-refractivity contribution >= 4 is 30.5 Å². The fraction of sp³-hybridized carbons (Fsp3) is 0.538. The second-order valence-corrected chi connectivity index (χ2v) is 4.46. The molecule has 100 valence electrons. The van der Waals surface area contributed by atoms with Crippen molar-refractivity contribution in [2.45, 2.75) is 26.8 Å². The zero-order chi connectivity index (χ0) is 11.4. The summed E-state index contributed by atoms with van der Waals surface area (Å²) in [6.07, 6.45) is 0. The lowest BCUT2D eigenvalue weighted by Gasteiger charge is -2.22. The predicted octanol–water partition coefficient (Wildman–Crippen LogP) is 3.51. The summed E-state index contributed by atoms with van der Waals surface area (Å²) < 4.78 is 0. The van der Waals surface area contributed by atoms with Gasteiger partial charge in [0.15, 0.2) is 0 Å². The Morgan fingerprint density at radius 1 is 1.12 bits per heavy atom. The van der Waals surface area contributed by atoms with Crippen molar-refractivity contribution < 1.29 is 0 Å². The second kappa shape index (κ2) is 8.62. The van der Waals surface area contributed by atoms with Crippen molar-refractivity contribution in [3.8, 4) is 0 Å².